The van der Waals surface area contributed by atoms with Crippen LogP contribution in [0.5, 0.6) is 0 Å². The zero-order valence-corrected chi connectivity index (χ0v) is 15.3. The van der Waals surface area contributed by atoms with Crippen molar-refractivity contribution in [2.24, 2.45) is 0 Å². The van der Waals surface area contributed by atoms with Crippen molar-refractivity contribution in [1.82, 2.24) is 4.90 Å². The van der Waals surface area contributed by atoms with Gasteiger partial charge in [-0.05, 0) is 42.5 Å². The van der Waals surface area contributed by atoms with Crippen LogP contribution >= 0.6 is 0 Å². The van der Waals surface area contributed by atoms with Gasteiger partial charge in [-0.3, -0.25) is 4.79 Å². The summed E-state index contributed by atoms with van der Waals surface area (Å²) in [4.78, 5) is 27.4. The number of nitrogens with zero attached hydrogens (tertiary/aromatic N) is 2. The van der Waals surface area contributed by atoms with Crippen molar-refractivity contribution in [2.75, 3.05) is 37.7 Å². The molecule has 2 aromatic carbocycles. The van der Waals surface area contributed by atoms with Gasteiger partial charge in [0.15, 0.2) is 6.61 Å². The number of amides is 1. The Hall–Kier alpha value is -3.10. The number of hydrogen-bond donors (Lipinski definition) is 0. The lowest BCUT2D eigenvalue weighted by molar-refractivity contribution is -0.137. The molecule has 0 unspecified atom stereocenters. The monoisotopic (exact) mass is 410 g/mol. The van der Waals surface area contributed by atoms with Gasteiger partial charge in [-0.1, -0.05) is 6.07 Å². The highest BCUT2D eigenvalue weighted by Crippen LogP contribution is 2.31. The molecule has 0 saturated carbocycles. The third-order valence-electron chi connectivity index (χ3n) is 4.58. The standard InChI is InChI=1S/C20H18F4N2O3/c21-16-6-4-14(5-7-16)19(28)29-13-18(27)26-10-8-25(9-11-26)17-3-1-2-15(12-17)20(22,23)24/h1-7,12H,8-11,13H2. The van der Waals surface area contributed by atoms with Crippen LogP contribution in [0.4, 0.5) is 23.2 Å². The molecule has 1 heterocycles. The van der Waals surface area contributed by atoms with E-state index in [2.05, 4.69) is 0 Å². The topological polar surface area (TPSA) is 49.9 Å². The summed E-state index contributed by atoms with van der Waals surface area (Å²) >= 11 is 0. The Kier molecular flexibility index (Phi) is 6.05. The summed E-state index contributed by atoms with van der Waals surface area (Å²) < 4.78 is 56.4. The van der Waals surface area contributed by atoms with Gasteiger partial charge in [0.25, 0.3) is 5.91 Å². The van der Waals surface area contributed by atoms with Crippen molar-refractivity contribution < 1.29 is 31.9 Å². The Morgan fingerprint density at radius 1 is 0.966 bits per heavy atom. The number of esters is 1. The number of ether oxygens (including phenoxy) is 1. The summed E-state index contributed by atoms with van der Waals surface area (Å²) in [6.07, 6.45) is -4.41. The van der Waals surface area contributed by atoms with Gasteiger partial charge in [0.2, 0.25) is 0 Å². The quantitative estimate of drug-likeness (QED) is 0.573. The van der Waals surface area contributed by atoms with Crippen LogP contribution in [-0.4, -0.2) is 49.6 Å². The number of rotatable bonds is 4. The predicted octanol–water partition coefficient (Wildman–Crippen LogP) is 3.35. The Balaban J connectivity index is 1.51. The predicted molar refractivity (Wildman–Crippen MR) is 96.9 cm³/mol. The van der Waals surface area contributed by atoms with Crippen LogP contribution in [0.15, 0.2) is 48.5 Å². The fourth-order valence-electron chi connectivity index (χ4n) is 2.98. The minimum Gasteiger partial charge on any atom is -0.452 e. The van der Waals surface area contributed by atoms with E-state index in [0.717, 1.165) is 24.3 Å². The van der Waals surface area contributed by atoms with Gasteiger partial charge in [0.05, 0.1) is 11.1 Å². The Bertz CT molecular complexity index is 876. The van der Waals surface area contributed by atoms with Gasteiger partial charge >= 0.3 is 12.1 Å². The second-order valence-electron chi connectivity index (χ2n) is 6.50. The maximum Gasteiger partial charge on any atom is 0.416 e. The number of benzene rings is 2. The van der Waals surface area contributed by atoms with Crippen LogP contribution < -0.4 is 4.90 Å². The molecule has 1 aliphatic heterocycles. The third-order valence-corrected chi connectivity index (χ3v) is 4.58. The minimum atomic E-state index is -4.41. The van der Waals surface area contributed by atoms with Gasteiger partial charge in [-0.2, -0.15) is 13.2 Å². The van der Waals surface area contributed by atoms with Crippen molar-refractivity contribution >= 4 is 17.6 Å². The van der Waals surface area contributed by atoms with Gasteiger partial charge in [-0.25, -0.2) is 9.18 Å². The molecule has 0 atom stereocenters. The summed E-state index contributed by atoms with van der Waals surface area (Å²) in [6.45, 7) is 0.851. The first kappa shape index (κ1) is 20.6. The van der Waals surface area contributed by atoms with E-state index in [1.807, 2.05) is 0 Å². The molecule has 1 saturated heterocycles. The first-order valence-electron chi connectivity index (χ1n) is 8.87. The normalized spacial score (nSPS) is 14.6. The largest absolute Gasteiger partial charge is 0.452 e. The smallest absolute Gasteiger partial charge is 0.416 e. The molecule has 0 aliphatic carbocycles. The molecule has 3 rings (SSSR count). The van der Waals surface area contributed by atoms with E-state index in [1.165, 1.54) is 23.1 Å². The highest BCUT2D eigenvalue weighted by atomic mass is 19.4. The molecule has 2 aromatic rings. The van der Waals surface area contributed by atoms with E-state index >= 15 is 0 Å². The third kappa shape index (κ3) is 5.24. The molecule has 0 bridgehead atoms. The second kappa shape index (κ2) is 8.50. The van der Waals surface area contributed by atoms with Crippen molar-refractivity contribution in [3.8, 4) is 0 Å². The summed E-state index contributed by atoms with van der Waals surface area (Å²) in [5.41, 5.74) is -0.149. The van der Waals surface area contributed by atoms with Crippen LogP contribution in [0.1, 0.15) is 15.9 Å². The summed E-state index contributed by atoms with van der Waals surface area (Å²) in [6, 6.07) is 9.80. The van der Waals surface area contributed by atoms with Crippen molar-refractivity contribution in [2.45, 2.75) is 6.18 Å². The zero-order chi connectivity index (χ0) is 21.0. The average Bonchev–Trinajstić information content (AvgIpc) is 2.72. The van der Waals surface area contributed by atoms with Crippen LogP contribution in [0.25, 0.3) is 0 Å². The average molecular weight is 410 g/mol. The first-order chi connectivity index (χ1) is 13.7. The van der Waals surface area contributed by atoms with E-state index in [1.54, 1.807) is 11.0 Å². The molecule has 9 heteroatoms. The highest BCUT2D eigenvalue weighted by Gasteiger charge is 2.31. The zero-order valence-electron chi connectivity index (χ0n) is 15.3. The molecule has 0 aromatic heterocycles. The number of anilines is 1. The van der Waals surface area contributed by atoms with E-state index in [4.69, 9.17) is 4.74 Å². The SMILES string of the molecule is O=C(OCC(=O)N1CCN(c2cccc(C(F)(F)F)c2)CC1)c1ccc(F)cc1. The van der Waals surface area contributed by atoms with E-state index in [-0.39, 0.29) is 5.56 Å². The lowest BCUT2D eigenvalue weighted by Gasteiger charge is -2.36. The van der Waals surface area contributed by atoms with Crippen molar-refractivity contribution in [1.29, 1.82) is 0 Å². The summed E-state index contributed by atoms with van der Waals surface area (Å²) in [5.74, 6) is -1.62. The maximum atomic E-state index is 12.9. The van der Waals surface area contributed by atoms with Crippen LogP contribution in [0.2, 0.25) is 0 Å². The number of piperazine rings is 1. The molecule has 1 aliphatic rings. The Morgan fingerprint density at radius 2 is 1.62 bits per heavy atom. The maximum absolute atomic E-state index is 12.9. The molecule has 0 N–H and O–H groups in total. The summed E-state index contributed by atoms with van der Waals surface area (Å²) in [5, 5.41) is 0. The number of halogens is 4. The molecule has 1 fully saturated rings. The van der Waals surface area contributed by atoms with Gasteiger partial charge in [-0.15, -0.1) is 0 Å². The number of hydrogen-bond acceptors (Lipinski definition) is 4. The first-order valence-corrected chi connectivity index (χ1v) is 8.87. The van der Waals surface area contributed by atoms with Crippen LogP contribution in [0.3, 0.4) is 0 Å². The fourth-order valence-corrected chi connectivity index (χ4v) is 2.98. The van der Waals surface area contributed by atoms with E-state index < -0.39 is 36.0 Å². The van der Waals surface area contributed by atoms with Gasteiger partial charge < -0.3 is 14.5 Å². The molecular weight excluding hydrogens is 392 g/mol. The molecule has 0 spiro atoms. The van der Waals surface area contributed by atoms with Gasteiger partial charge in [0, 0.05) is 31.9 Å². The molecule has 154 valence electrons. The van der Waals surface area contributed by atoms with E-state index in [0.29, 0.717) is 31.9 Å². The van der Waals surface area contributed by atoms with Crippen molar-refractivity contribution in [3.63, 3.8) is 0 Å². The molecule has 29 heavy (non-hydrogen) atoms. The van der Waals surface area contributed by atoms with E-state index in [9.17, 15) is 27.2 Å². The molecule has 5 nitrogen and oxygen atoms in total. The number of alkyl halides is 3. The lowest BCUT2D eigenvalue weighted by atomic mass is 10.1. The Labute approximate surface area is 164 Å². The van der Waals surface area contributed by atoms with Crippen molar-refractivity contribution in [3.05, 3.63) is 65.5 Å². The van der Waals surface area contributed by atoms with Crippen LogP contribution in [0, 0.1) is 5.82 Å². The number of carbonyl (C=O) groups is 2. The summed E-state index contributed by atoms with van der Waals surface area (Å²) in [7, 11) is 0. The lowest BCUT2D eigenvalue weighted by Crippen LogP contribution is -2.50. The second-order valence-corrected chi connectivity index (χ2v) is 6.50. The fraction of sp³-hybridized carbons (Fsp3) is 0.300. The number of carbonyl (C=O) groups excluding carboxylic acids is 2. The molecule has 1 amide bonds. The van der Waals surface area contributed by atoms with Gasteiger partial charge in [0.1, 0.15) is 5.82 Å². The van der Waals surface area contributed by atoms with Crippen LogP contribution in [-0.2, 0) is 15.7 Å². The Morgan fingerprint density at radius 3 is 2.24 bits per heavy atom. The highest BCUT2D eigenvalue weighted by molar-refractivity contribution is 5.91. The minimum absolute atomic E-state index is 0.133. The molecular formula is C20H18F4N2O3. The molecule has 0 radical (unpaired) electrons.